The minimum absolute atomic E-state index is 0.103. The second-order valence-corrected chi connectivity index (χ2v) is 10.6. The Bertz CT molecular complexity index is 853. The number of furan rings is 1. The number of amides is 1. The summed E-state index contributed by atoms with van der Waals surface area (Å²) in [7, 11) is -3.57. The first kappa shape index (κ1) is 18.7. The molecule has 0 spiro atoms. The molecule has 4 rings (SSSR count). The number of nitrogens with zero attached hydrogens (tertiary/aromatic N) is 2. The standard InChI is InChI=1S/C19H26N2O5S/c1-18(2)14-5-6-19(18,16(22)12-14)13-27(24,25)21-9-7-20(8-10-21)17(23)15-4-3-11-26-15/h3-4,11,14H,5-10,12-13H2,1-2H3/t14-,19?/m0/s1. The third kappa shape index (κ3) is 2.76. The molecule has 1 aromatic heterocycles. The third-order valence-electron chi connectivity index (χ3n) is 7.22. The maximum Gasteiger partial charge on any atom is 0.289 e. The fourth-order valence-electron chi connectivity index (χ4n) is 5.24. The Morgan fingerprint density at radius 3 is 2.48 bits per heavy atom. The van der Waals surface area contributed by atoms with Crippen LogP contribution >= 0.6 is 0 Å². The van der Waals surface area contributed by atoms with Crippen LogP contribution in [0.15, 0.2) is 22.8 Å². The Balaban J connectivity index is 1.45. The molecule has 3 aliphatic rings. The van der Waals surface area contributed by atoms with Gasteiger partial charge in [0.1, 0.15) is 5.78 Å². The largest absolute Gasteiger partial charge is 0.459 e. The molecule has 0 aromatic carbocycles. The van der Waals surface area contributed by atoms with E-state index >= 15 is 0 Å². The summed E-state index contributed by atoms with van der Waals surface area (Å²) in [6, 6.07) is 3.26. The molecule has 0 radical (unpaired) electrons. The van der Waals surface area contributed by atoms with Crippen molar-refractivity contribution in [3.63, 3.8) is 0 Å². The number of carbonyl (C=O) groups excluding carboxylic acids is 2. The smallest absolute Gasteiger partial charge is 0.289 e. The van der Waals surface area contributed by atoms with E-state index in [9.17, 15) is 18.0 Å². The third-order valence-corrected chi connectivity index (χ3v) is 9.23. The molecule has 0 N–H and O–H groups in total. The summed E-state index contributed by atoms with van der Waals surface area (Å²) in [5.41, 5.74) is -1.02. The highest BCUT2D eigenvalue weighted by molar-refractivity contribution is 7.89. The van der Waals surface area contributed by atoms with E-state index in [0.717, 1.165) is 6.42 Å². The predicted molar refractivity (Wildman–Crippen MR) is 98.5 cm³/mol. The van der Waals surface area contributed by atoms with Crippen LogP contribution < -0.4 is 0 Å². The van der Waals surface area contributed by atoms with Crippen LogP contribution in [0, 0.1) is 16.7 Å². The van der Waals surface area contributed by atoms with Crippen molar-refractivity contribution in [3.05, 3.63) is 24.2 Å². The van der Waals surface area contributed by atoms with Gasteiger partial charge in [-0.2, -0.15) is 4.31 Å². The van der Waals surface area contributed by atoms with Crippen molar-refractivity contribution in [3.8, 4) is 0 Å². The Labute approximate surface area is 159 Å². The number of sulfonamides is 1. The Hall–Kier alpha value is -1.67. The lowest BCUT2D eigenvalue weighted by Crippen LogP contribution is -2.53. The normalized spacial score (nSPS) is 30.8. The number of hydrogen-bond donors (Lipinski definition) is 0. The second-order valence-electron chi connectivity index (χ2n) is 8.59. The first-order valence-electron chi connectivity index (χ1n) is 9.51. The molecule has 2 aliphatic carbocycles. The van der Waals surface area contributed by atoms with E-state index in [0.29, 0.717) is 31.8 Å². The molecule has 3 fully saturated rings. The average molecular weight is 394 g/mol. The zero-order valence-corrected chi connectivity index (χ0v) is 16.6. The fraction of sp³-hybridized carbons (Fsp3) is 0.684. The molecule has 8 heteroatoms. The van der Waals surface area contributed by atoms with Crippen molar-refractivity contribution in [2.24, 2.45) is 16.7 Å². The number of carbonyl (C=O) groups is 2. The molecule has 148 valence electrons. The summed E-state index contributed by atoms with van der Waals surface area (Å²) < 4.78 is 32.8. The van der Waals surface area contributed by atoms with Gasteiger partial charge in [0.15, 0.2) is 5.76 Å². The molecule has 7 nitrogen and oxygen atoms in total. The highest BCUT2D eigenvalue weighted by Crippen LogP contribution is 2.64. The van der Waals surface area contributed by atoms with Crippen molar-refractivity contribution in [2.75, 3.05) is 31.9 Å². The van der Waals surface area contributed by atoms with Gasteiger partial charge in [-0.15, -0.1) is 0 Å². The van der Waals surface area contributed by atoms with E-state index in [2.05, 4.69) is 0 Å². The lowest BCUT2D eigenvalue weighted by Gasteiger charge is -2.39. The highest BCUT2D eigenvalue weighted by atomic mass is 32.2. The topological polar surface area (TPSA) is 87.9 Å². The summed E-state index contributed by atoms with van der Waals surface area (Å²) in [4.78, 5) is 26.6. The molecule has 1 unspecified atom stereocenters. The first-order valence-corrected chi connectivity index (χ1v) is 11.1. The maximum absolute atomic E-state index is 13.1. The van der Waals surface area contributed by atoms with Crippen molar-refractivity contribution in [1.29, 1.82) is 0 Å². The van der Waals surface area contributed by atoms with Crippen LogP contribution in [0.3, 0.4) is 0 Å². The van der Waals surface area contributed by atoms with Crippen molar-refractivity contribution in [2.45, 2.75) is 33.1 Å². The lowest BCUT2D eigenvalue weighted by atomic mass is 9.70. The Morgan fingerprint density at radius 1 is 1.26 bits per heavy atom. The zero-order chi connectivity index (χ0) is 19.4. The van der Waals surface area contributed by atoms with Gasteiger partial charge in [0.2, 0.25) is 10.0 Å². The van der Waals surface area contributed by atoms with E-state index < -0.39 is 15.4 Å². The van der Waals surface area contributed by atoms with E-state index in [1.54, 1.807) is 17.0 Å². The molecule has 2 heterocycles. The van der Waals surface area contributed by atoms with Gasteiger partial charge in [-0.1, -0.05) is 13.8 Å². The van der Waals surface area contributed by atoms with Crippen LogP contribution in [0.5, 0.6) is 0 Å². The number of ketones is 1. The van der Waals surface area contributed by atoms with Crippen LogP contribution in [-0.2, 0) is 14.8 Å². The quantitative estimate of drug-likeness (QED) is 0.777. The summed E-state index contributed by atoms with van der Waals surface area (Å²) in [5.74, 6) is 0.345. The van der Waals surface area contributed by atoms with Crippen molar-refractivity contribution in [1.82, 2.24) is 9.21 Å². The van der Waals surface area contributed by atoms with Gasteiger partial charge >= 0.3 is 0 Å². The minimum Gasteiger partial charge on any atom is -0.459 e. The molecule has 2 bridgehead atoms. The summed E-state index contributed by atoms with van der Waals surface area (Å²) >= 11 is 0. The van der Waals surface area contributed by atoms with Crippen molar-refractivity contribution < 1.29 is 22.4 Å². The molecule has 27 heavy (non-hydrogen) atoms. The second kappa shape index (κ2) is 6.17. The minimum atomic E-state index is -3.57. The summed E-state index contributed by atoms with van der Waals surface area (Å²) in [6.07, 6.45) is 3.55. The highest BCUT2D eigenvalue weighted by Gasteiger charge is 2.65. The molecule has 2 saturated carbocycles. The molecule has 1 saturated heterocycles. The Kier molecular flexibility index (Phi) is 4.27. The Morgan fingerprint density at radius 2 is 1.96 bits per heavy atom. The monoisotopic (exact) mass is 394 g/mol. The van der Waals surface area contributed by atoms with Gasteiger partial charge in [0.25, 0.3) is 5.91 Å². The van der Waals surface area contributed by atoms with Gasteiger partial charge in [-0.3, -0.25) is 9.59 Å². The van der Waals surface area contributed by atoms with E-state index in [1.165, 1.54) is 10.6 Å². The van der Waals surface area contributed by atoms with Crippen LogP contribution in [-0.4, -0.2) is 61.2 Å². The van der Waals surface area contributed by atoms with Gasteiger partial charge < -0.3 is 9.32 Å². The molecule has 1 aromatic rings. The first-order chi connectivity index (χ1) is 12.7. The fourth-order valence-corrected chi connectivity index (χ4v) is 7.44. The summed E-state index contributed by atoms with van der Waals surface area (Å²) in [5, 5.41) is 0. The van der Waals surface area contributed by atoms with Gasteiger partial charge in [-0.05, 0) is 36.3 Å². The number of piperazine rings is 1. The van der Waals surface area contributed by atoms with Crippen LogP contribution in [0.25, 0.3) is 0 Å². The van der Waals surface area contributed by atoms with E-state index in [4.69, 9.17) is 4.42 Å². The average Bonchev–Trinajstić information content (AvgIpc) is 3.28. The molecular formula is C19H26N2O5S. The van der Waals surface area contributed by atoms with Crippen LogP contribution in [0.4, 0.5) is 0 Å². The van der Waals surface area contributed by atoms with Gasteiger partial charge in [0, 0.05) is 38.0 Å². The van der Waals surface area contributed by atoms with Crippen molar-refractivity contribution >= 4 is 21.7 Å². The molecule has 2 atom stereocenters. The molecule has 1 amide bonds. The van der Waals surface area contributed by atoms with Crippen LogP contribution in [0.1, 0.15) is 43.7 Å². The maximum atomic E-state index is 13.1. The van der Waals surface area contributed by atoms with Crippen LogP contribution in [0.2, 0.25) is 0 Å². The number of hydrogen-bond acceptors (Lipinski definition) is 5. The van der Waals surface area contributed by atoms with E-state index in [1.807, 2.05) is 13.8 Å². The SMILES string of the molecule is CC1(C)[C@H]2CCC1(CS(=O)(=O)N1CCN(C(=O)c3ccco3)CC1)C(=O)C2. The van der Waals surface area contributed by atoms with Gasteiger partial charge in [0.05, 0.1) is 12.0 Å². The molecular weight excluding hydrogens is 368 g/mol. The predicted octanol–water partition coefficient (Wildman–Crippen LogP) is 1.76. The number of rotatable bonds is 4. The zero-order valence-electron chi connectivity index (χ0n) is 15.8. The number of fused-ring (bicyclic) bond motifs is 2. The van der Waals surface area contributed by atoms with E-state index in [-0.39, 0.29) is 41.7 Å². The van der Waals surface area contributed by atoms with Gasteiger partial charge in [-0.25, -0.2) is 8.42 Å². The molecule has 1 aliphatic heterocycles. The summed E-state index contributed by atoms with van der Waals surface area (Å²) in [6.45, 7) is 5.25. The number of Topliss-reactive ketones (excluding diaryl/α,β-unsaturated/α-hetero) is 1. The lowest BCUT2D eigenvalue weighted by molar-refractivity contribution is -0.128.